The third-order valence-corrected chi connectivity index (χ3v) is 10.4. The number of hydrogen-bond donors (Lipinski definition) is 1. The molecule has 4 nitrogen and oxygen atoms in total. The molecule has 0 radical (unpaired) electrons. The van der Waals surface area contributed by atoms with E-state index in [0.717, 1.165) is 5.56 Å². The van der Waals surface area contributed by atoms with Crippen LogP contribution in [-0.2, 0) is 18.8 Å². The molecule has 0 saturated carbocycles. The Kier molecular flexibility index (Phi) is 3.55. The van der Waals surface area contributed by atoms with E-state index in [9.17, 15) is 8.42 Å². The van der Waals surface area contributed by atoms with Gasteiger partial charge in [-0.25, -0.2) is 0 Å². The molecule has 1 aromatic carbocycles. The van der Waals surface area contributed by atoms with E-state index in [1.807, 2.05) is 30.3 Å². The van der Waals surface area contributed by atoms with Crippen molar-refractivity contribution in [1.29, 1.82) is 0 Å². The van der Waals surface area contributed by atoms with Crippen molar-refractivity contribution in [3.05, 3.63) is 35.9 Å². The summed E-state index contributed by atoms with van der Waals surface area (Å²) in [7, 11) is -4.38. The Bertz CT molecular complexity index is 459. The summed E-state index contributed by atoms with van der Waals surface area (Å²) in [6.45, 7) is 0. The summed E-state index contributed by atoms with van der Waals surface area (Å²) in [4.78, 5) is 0. The number of hydrogen-bond acceptors (Lipinski definition) is 3. The predicted octanol–water partition coefficient (Wildman–Crippen LogP) is 2.38. The maximum absolute atomic E-state index is 10.8. The van der Waals surface area contributed by atoms with E-state index in [0.29, 0.717) is 5.21 Å². The Hall–Kier alpha value is -0.352. The molecule has 0 aromatic heterocycles. The van der Waals surface area contributed by atoms with Crippen molar-refractivity contribution < 1.29 is 16.1 Å². The zero-order valence-electron chi connectivity index (χ0n) is 9.62. The molecule has 0 heterocycles. The van der Waals surface area contributed by atoms with Crippen LogP contribution in [0.15, 0.2) is 30.3 Å². The molecule has 16 heavy (non-hydrogen) atoms. The van der Waals surface area contributed by atoms with Gasteiger partial charge in [0.1, 0.15) is 0 Å². The van der Waals surface area contributed by atoms with Crippen LogP contribution in [0.5, 0.6) is 0 Å². The van der Waals surface area contributed by atoms with Crippen molar-refractivity contribution in [2.24, 2.45) is 0 Å². The summed E-state index contributed by atoms with van der Waals surface area (Å²) in [6.07, 6.45) is 0. The molecule has 1 aromatic rings. The minimum atomic E-state index is -4.38. The van der Waals surface area contributed by atoms with Crippen LogP contribution in [-0.4, -0.2) is 25.8 Å². The Morgan fingerprint density at radius 1 is 1.19 bits per heavy atom. The molecule has 6 heteroatoms. The molecule has 0 aliphatic rings. The van der Waals surface area contributed by atoms with Crippen LogP contribution < -0.4 is 0 Å². The molecule has 0 aliphatic carbocycles. The van der Waals surface area contributed by atoms with E-state index < -0.39 is 23.2 Å². The fourth-order valence-corrected chi connectivity index (χ4v) is 10.1. The summed E-state index contributed by atoms with van der Waals surface area (Å²) in [5.74, 6) is 0. The van der Waals surface area contributed by atoms with Crippen molar-refractivity contribution >= 4 is 23.2 Å². The second-order valence-corrected chi connectivity index (χ2v) is 20.2. The molecule has 0 aliphatic heterocycles. The molecule has 0 fully saturated rings. The van der Waals surface area contributed by atoms with Crippen molar-refractivity contribution in [1.82, 2.24) is 0 Å². The van der Waals surface area contributed by atoms with Crippen molar-refractivity contribution in [2.75, 3.05) is 0 Å². The van der Waals surface area contributed by atoms with Crippen molar-refractivity contribution in [2.45, 2.75) is 22.3 Å². The molecule has 1 N–H and O–H groups in total. The fourth-order valence-electron chi connectivity index (χ4n) is 1.58. The van der Waals surface area contributed by atoms with E-state index in [1.165, 1.54) is 0 Å². The minimum absolute atomic E-state index is 0.555. The molecule has 0 saturated heterocycles. The molecular weight excluding hydrogens is 291 g/mol. The van der Waals surface area contributed by atoms with Gasteiger partial charge in [0.05, 0.1) is 0 Å². The Labute approximate surface area is 97.6 Å². The molecule has 1 rings (SSSR count). The van der Waals surface area contributed by atoms with Gasteiger partial charge < -0.3 is 0 Å². The van der Waals surface area contributed by atoms with Gasteiger partial charge >= 0.3 is 97.6 Å². The first kappa shape index (κ1) is 13.7. The van der Waals surface area contributed by atoms with E-state index >= 15 is 0 Å². The summed E-state index contributed by atoms with van der Waals surface area (Å²) in [5, 5.41) is 0.555. The van der Waals surface area contributed by atoms with Gasteiger partial charge in [-0.2, -0.15) is 0 Å². The van der Waals surface area contributed by atoms with E-state index in [-0.39, 0.29) is 0 Å². The van der Waals surface area contributed by atoms with Gasteiger partial charge in [-0.15, -0.1) is 0 Å². The molecule has 0 atom stereocenters. The second kappa shape index (κ2) is 4.15. The summed E-state index contributed by atoms with van der Waals surface area (Å²) in [6, 6.07) is 9.52. The number of rotatable bonds is 4. The van der Waals surface area contributed by atoms with Gasteiger partial charge in [0.25, 0.3) is 0 Å². The first-order valence-corrected chi connectivity index (χ1v) is 13.9. The average Bonchev–Trinajstić information content (AvgIpc) is 1.97. The molecule has 0 amide bonds. The van der Waals surface area contributed by atoms with Gasteiger partial charge in [-0.3, -0.25) is 0 Å². The van der Waals surface area contributed by atoms with Crippen LogP contribution in [0.4, 0.5) is 0 Å². The van der Waals surface area contributed by atoms with Crippen LogP contribution in [0, 0.1) is 0 Å². The fraction of sp³-hybridized carbons (Fsp3) is 0.400. The number of benzene rings is 1. The SMILES string of the molecule is C[As](C)(C)(Cc1ccccc1)OS(=O)(=O)O. The monoisotopic (exact) mass is 308 g/mol. The van der Waals surface area contributed by atoms with Gasteiger partial charge in [0.2, 0.25) is 0 Å². The molecule has 0 spiro atoms. The van der Waals surface area contributed by atoms with Crippen LogP contribution in [0.25, 0.3) is 0 Å². The summed E-state index contributed by atoms with van der Waals surface area (Å²) in [5.41, 5.74) is 6.43. The van der Waals surface area contributed by atoms with Crippen LogP contribution in [0.2, 0.25) is 17.1 Å². The van der Waals surface area contributed by atoms with E-state index in [2.05, 4.69) is 0 Å². The molecule has 92 valence electrons. The third-order valence-electron chi connectivity index (χ3n) is 1.93. The summed E-state index contributed by atoms with van der Waals surface area (Å²) >= 11 is -3.45. The van der Waals surface area contributed by atoms with Gasteiger partial charge in [-0.05, 0) is 0 Å². The average molecular weight is 308 g/mol. The van der Waals surface area contributed by atoms with Gasteiger partial charge in [-0.1, -0.05) is 0 Å². The third kappa shape index (κ3) is 5.12. The van der Waals surface area contributed by atoms with Crippen LogP contribution >= 0.6 is 0 Å². The Balaban J connectivity index is 2.93. The van der Waals surface area contributed by atoms with Gasteiger partial charge in [0.15, 0.2) is 0 Å². The van der Waals surface area contributed by atoms with E-state index in [1.54, 1.807) is 17.1 Å². The quantitative estimate of drug-likeness (QED) is 0.685. The molecular formula is C10H17AsO4S. The Morgan fingerprint density at radius 3 is 2.12 bits per heavy atom. The second-order valence-electron chi connectivity index (χ2n) is 5.11. The molecule has 0 unspecified atom stereocenters. The normalized spacial score (nSPS) is 15.4. The zero-order chi connectivity index (χ0) is 12.5. The van der Waals surface area contributed by atoms with E-state index in [4.69, 9.17) is 7.72 Å². The Morgan fingerprint density at radius 2 is 1.69 bits per heavy atom. The van der Waals surface area contributed by atoms with Crippen LogP contribution in [0.3, 0.4) is 0 Å². The first-order chi connectivity index (χ1) is 7.05. The topological polar surface area (TPSA) is 63.6 Å². The van der Waals surface area contributed by atoms with Crippen LogP contribution in [0.1, 0.15) is 5.56 Å². The first-order valence-electron chi connectivity index (χ1n) is 4.79. The van der Waals surface area contributed by atoms with Crippen molar-refractivity contribution in [3.63, 3.8) is 0 Å². The zero-order valence-corrected chi connectivity index (χ0v) is 12.3. The summed E-state index contributed by atoms with van der Waals surface area (Å²) < 4.78 is 35.4. The van der Waals surface area contributed by atoms with Crippen molar-refractivity contribution in [3.8, 4) is 0 Å². The molecule has 0 bridgehead atoms. The standard InChI is InChI=1S/C10H17AsO4S/c1-11(2,3,15-16(12,13)14)9-10-7-5-4-6-8-10/h4-8H,9H2,1-3H3,(H,12,13,14). The maximum atomic E-state index is 10.8. The van der Waals surface area contributed by atoms with Gasteiger partial charge in [0, 0.05) is 0 Å². The predicted molar refractivity (Wildman–Crippen MR) is 66.1 cm³/mol.